The molecule has 6 nitrogen and oxygen atoms in total. The lowest BCUT2D eigenvalue weighted by Crippen LogP contribution is -2.55. The van der Waals surface area contributed by atoms with Gasteiger partial charge >= 0.3 is 0 Å². The maximum absolute atomic E-state index is 12.8. The lowest BCUT2D eigenvalue weighted by atomic mass is 10.2. The number of sulfonamides is 1. The smallest absolute Gasteiger partial charge is 0.244 e. The summed E-state index contributed by atoms with van der Waals surface area (Å²) in [6.07, 6.45) is 0. The van der Waals surface area contributed by atoms with E-state index in [0.717, 1.165) is 4.47 Å². The Morgan fingerprint density at radius 2 is 1.80 bits per heavy atom. The number of nitrogens with one attached hydrogen (secondary N) is 1. The van der Waals surface area contributed by atoms with Crippen molar-refractivity contribution in [3.63, 3.8) is 0 Å². The minimum Gasteiger partial charge on any atom is -0.353 e. The molecule has 0 aromatic heterocycles. The number of hydrogen-bond acceptors (Lipinski definition) is 4. The van der Waals surface area contributed by atoms with Crippen molar-refractivity contribution in [1.82, 2.24) is 14.5 Å². The van der Waals surface area contributed by atoms with Gasteiger partial charge < -0.3 is 5.32 Å². The van der Waals surface area contributed by atoms with E-state index in [4.69, 9.17) is 11.6 Å². The molecule has 1 amide bonds. The molecule has 0 saturated carbocycles. The van der Waals surface area contributed by atoms with Gasteiger partial charge in [-0.15, -0.1) is 0 Å². The molecular formula is C16H23BrClN3O3S. The van der Waals surface area contributed by atoms with Crippen molar-refractivity contribution < 1.29 is 13.2 Å². The largest absolute Gasteiger partial charge is 0.353 e. The summed E-state index contributed by atoms with van der Waals surface area (Å²) in [6.45, 7) is 7.32. The molecule has 1 fully saturated rings. The van der Waals surface area contributed by atoms with Crippen LogP contribution < -0.4 is 5.32 Å². The summed E-state index contributed by atoms with van der Waals surface area (Å²) in [6, 6.07) is 4.53. The van der Waals surface area contributed by atoms with Gasteiger partial charge in [-0.05, 0) is 39.0 Å². The van der Waals surface area contributed by atoms with Crippen LogP contribution >= 0.6 is 27.5 Å². The normalized spacial score (nSPS) is 18.3. The monoisotopic (exact) mass is 451 g/mol. The van der Waals surface area contributed by atoms with Crippen LogP contribution in [0.25, 0.3) is 0 Å². The van der Waals surface area contributed by atoms with Crippen molar-refractivity contribution >= 4 is 43.5 Å². The standard InChI is InChI=1S/C16H23BrClN3O3S/c1-11(2)19-16(22)12(3)20-6-8-21(9-7-20)25(23,24)15-5-4-13(17)10-14(15)18/h4-5,10-12H,6-9H2,1-3H3,(H,19,22). The van der Waals surface area contributed by atoms with Crippen molar-refractivity contribution in [1.29, 1.82) is 0 Å². The number of hydrogen-bond donors (Lipinski definition) is 1. The van der Waals surface area contributed by atoms with Gasteiger partial charge in [-0.1, -0.05) is 27.5 Å². The molecule has 1 aliphatic rings. The molecule has 0 aliphatic carbocycles. The van der Waals surface area contributed by atoms with Crippen molar-refractivity contribution in [2.24, 2.45) is 0 Å². The number of piperazine rings is 1. The van der Waals surface area contributed by atoms with Crippen LogP contribution in [0.1, 0.15) is 20.8 Å². The number of benzene rings is 1. The fourth-order valence-electron chi connectivity index (χ4n) is 2.73. The fraction of sp³-hybridized carbons (Fsp3) is 0.562. The molecule has 140 valence electrons. The van der Waals surface area contributed by atoms with E-state index < -0.39 is 10.0 Å². The highest BCUT2D eigenvalue weighted by Crippen LogP contribution is 2.28. The van der Waals surface area contributed by atoms with Crippen LogP contribution in [0, 0.1) is 0 Å². The van der Waals surface area contributed by atoms with Crippen LogP contribution in [-0.2, 0) is 14.8 Å². The van der Waals surface area contributed by atoms with Crippen LogP contribution in [0.4, 0.5) is 0 Å². The minimum atomic E-state index is -3.64. The first-order valence-electron chi connectivity index (χ1n) is 8.12. The van der Waals surface area contributed by atoms with Crippen molar-refractivity contribution in [3.05, 3.63) is 27.7 Å². The van der Waals surface area contributed by atoms with Crippen molar-refractivity contribution in [2.75, 3.05) is 26.2 Å². The number of carbonyl (C=O) groups is 1. The number of halogens is 2. The molecule has 0 bridgehead atoms. The molecule has 0 spiro atoms. The zero-order valence-electron chi connectivity index (χ0n) is 14.5. The molecule has 1 atom stereocenters. The third-order valence-electron chi connectivity index (χ3n) is 4.14. The molecule has 1 aromatic carbocycles. The van der Waals surface area contributed by atoms with Gasteiger partial charge in [-0.2, -0.15) is 4.31 Å². The second kappa shape index (κ2) is 8.35. The summed E-state index contributed by atoms with van der Waals surface area (Å²) in [4.78, 5) is 14.2. The molecule has 9 heteroatoms. The van der Waals surface area contributed by atoms with E-state index in [1.54, 1.807) is 12.1 Å². The molecule has 25 heavy (non-hydrogen) atoms. The zero-order chi connectivity index (χ0) is 18.8. The Hall–Kier alpha value is -0.670. The third-order valence-corrected chi connectivity index (χ3v) is 7.02. The van der Waals surface area contributed by atoms with Crippen LogP contribution in [-0.4, -0.2) is 61.8 Å². The Labute approximate surface area is 162 Å². The number of amides is 1. The van der Waals surface area contributed by atoms with Crippen molar-refractivity contribution in [3.8, 4) is 0 Å². The number of carbonyl (C=O) groups excluding carboxylic acids is 1. The summed E-state index contributed by atoms with van der Waals surface area (Å²) in [5.41, 5.74) is 0. The maximum atomic E-state index is 12.8. The van der Waals surface area contributed by atoms with E-state index in [2.05, 4.69) is 21.2 Å². The van der Waals surface area contributed by atoms with Gasteiger partial charge in [-0.25, -0.2) is 8.42 Å². The Morgan fingerprint density at radius 3 is 2.32 bits per heavy atom. The van der Waals surface area contributed by atoms with E-state index in [0.29, 0.717) is 26.2 Å². The molecule has 1 heterocycles. The van der Waals surface area contributed by atoms with Crippen LogP contribution in [0.3, 0.4) is 0 Å². The van der Waals surface area contributed by atoms with Crippen LogP contribution in [0.2, 0.25) is 5.02 Å². The second-order valence-electron chi connectivity index (χ2n) is 6.35. The Bertz CT molecular complexity index is 734. The molecule has 1 unspecified atom stereocenters. The second-order valence-corrected chi connectivity index (χ2v) is 9.58. The average Bonchev–Trinajstić information content (AvgIpc) is 2.53. The summed E-state index contributed by atoms with van der Waals surface area (Å²) in [7, 11) is -3.64. The zero-order valence-corrected chi connectivity index (χ0v) is 17.7. The average molecular weight is 453 g/mol. The Kier molecular flexibility index (Phi) is 6.89. The molecule has 1 aromatic rings. The molecule has 1 saturated heterocycles. The van der Waals surface area contributed by atoms with E-state index in [-0.39, 0.29) is 27.9 Å². The Morgan fingerprint density at radius 1 is 1.20 bits per heavy atom. The van der Waals surface area contributed by atoms with E-state index >= 15 is 0 Å². The van der Waals surface area contributed by atoms with Crippen LogP contribution in [0.15, 0.2) is 27.6 Å². The molecule has 1 N–H and O–H groups in total. The third kappa shape index (κ3) is 4.95. The molecule has 0 radical (unpaired) electrons. The summed E-state index contributed by atoms with van der Waals surface area (Å²) in [5.74, 6) is -0.0396. The maximum Gasteiger partial charge on any atom is 0.244 e. The first-order chi connectivity index (χ1) is 11.6. The molecular weight excluding hydrogens is 430 g/mol. The lowest BCUT2D eigenvalue weighted by Gasteiger charge is -2.37. The summed E-state index contributed by atoms with van der Waals surface area (Å²) < 4.78 is 27.8. The highest BCUT2D eigenvalue weighted by molar-refractivity contribution is 9.10. The van der Waals surface area contributed by atoms with Crippen LogP contribution in [0.5, 0.6) is 0 Å². The quantitative estimate of drug-likeness (QED) is 0.744. The predicted octanol–water partition coefficient (Wildman–Crippen LogP) is 2.32. The van der Waals surface area contributed by atoms with Gasteiger partial charge in [0, 0.05) is 36.7 Å². The van der Waals surface area contributed by atoms with Gasteiger partial charge in [0.2, 0.25) is 15.9 Å². The fourth-order valence-corrected chi connectivity index (χ4v) is 5.16. The Balaban J connectivity index is 2.05. The van der Waals surface area contributed by atoms with Gasteiger partial charge in [0.15, 0.2) is 0 Å². The topological polar surface area (TPSA) is 69.7 Å². The van der Waals surface area contributed by atoms with Gasteiger partial charge in [0.1, 0.15) is 4.90 Å². The summed E-state index contributed by atoms with van der Waals surface area (Å²) >= 11 is 9.38. The highest BCUT2D eigenvalue weighted by atomic mass is 79.9. The predicted molar refractivity (Wildman–Crippen MR) is 102 cm³/mol. The molecule has 1 aliphatic heterocycles. The van der Waals surface area contributed by atoms with Gasteiger partial charge in [-0.3, -0.25) is 9.69 Å². The lowest BCUT2D eigenvalue weighted by molar-refractivity contribution is -0.126. The summed E-state index contributed by atoms with van der Waals surface area (Å²) in [5, 5.41) is 3.08. The number of nitrogens with zero attached hydrogens (tertiary/aromatic N) is 2. The first kappa shape index (κ1) is 20.6. The number of rotatable bonds is 5. The van der Waals surface area contributed by atoms with Gasteiger partial charge in [0.05, 0.1) is 11.1 Å². The molecule has 2 rings (SSSR count). The van der Waals surface area contributed by atoms with E-state index in [9.17, 15) is 13.2 Å². The van der Waals surface area contributed by atoms with E-state index in [1.807, 2.05) is 25.7 Å². The van der Waals surface area contributed by atoms with Gasteiger partial charge in [0.25, 0.3) is 0 Å². The highest BCUT2D eigenvalue weighted by Gasteiger charge is 2.32. The SMILES string of the molecule is CC(C)NC(=O)C(C)N1CCN(S(=O)(=O)c2ccc(Br)cc2Cl)CC1. The minimum absolute atomic E-state index is 0.0396. The first-order valence-corrected chi connectivity index (χ1v) is 10.7. The van der Waals surface area contributed by atoms with Crippen molar-refractivity contribution in [2.45, 2.75) is 37.8 Å². The van der Waals surface area contributed by atoms with E-state index in [1.165, 1.54) is 10.4 Å².